The molecule has 0 saturated heterocycles. The molecule has 6 aliphatic rings. The van der Waals surface area contributed by atoms with E-state index in [0.29, 0.717) is 10.8 Å². The summed E-state index contributed by atoms with van der Waals surface area (Å²) in [5, 5.41) is 2.52. The molecule has 1 spiro atoms. The first kappa shape index (κ1) is 37.0. The lowest BCUT2D eigenvalue weighted by atomic mass is 9.31. The van der Waals surface area contributed by atoms with E-state index in [1.165, 1.54) is 121 Å². The minimum Gasteiger partial charge on any atom is -0.310 e. The number of anilines is 3. The molecule has 2 bridgehead atoms. The Kier molecular flexibility index (Phi) is 7.69. The van der Waals surface area contributed by atoms with E-state index in [1.807, 2.05) is 0 Å². The van der Waals surface area contributed by atoms with Crippen LogP contribution in [0.15, 0.2) is 182 Å². The van der Waals surface area contributed by atoms with Gasteiger partial charge in [-0.25, -0.2) is 0 Å². The van der Waals surface area contributed by atoms with Crippen LogP contribution in [0.4, 0.5) is 17.1 Å². The van der Waals surface area contributed by atoms with Crippen molar-refractivity contribution in [2.45, 2.75) is 69.6 Å². The van der Waals surface area contributed by atoms with Crippen molar-refractivity contribution in [1.82, 2.24) is 0 Å². The smallest absolute Gasteiger partial charge is 0.0540 e. The number of fused-ring (bicyclic) bond motifs is 6. The van der Waals surface area contributed by atoms with Gasteiger partial charge in [0, 0.05) is 27.8 Å². The fourth-order valence-corrected chi connectivity index (χ4v) is 15.0. The van der Waals surface area contributed by atoms with E-state index in [4.69, 9.17) is 0 Å². The molecular weight excluding hydrogens is 771 g/mol. The van der Waals surface area contributed by atoms with Gasteiger partial charge >= 0.3 is 0 Å². The first-order valence-corrected chi connectivity index (χ1v) is 24.1. The first-order chi connectivity index (χ1) is 31.4. The third-order valence-corrected chi connectivity index (χ3v) is 17.8. The predicted molar refractivity (Wildman–Crippen MR) is 267 cm³/mol. The summed E-state index contributed by atoms with van der Waals surface area (Å²) in [4.78, 5) is 2.53. The standard InChI is InChI=1S/C63H53N/c1-61(2)58-17-8-7-15-55(58)56-30-29-52(36-59(56)61)64(51-27-22-44(23-28-51)54-16-9-13-43-11-5-6-14-53(43)54)60-31-24-46(34-57(60)47-19-18-41-10-3-4-12-45(41)33-47)42-20-25-48(26-21-42)62-37-40-32-49-35-50(39-62)63(49,62)38-40/h3-8,10-12,14-31,33-34,36,40,49-50H,9,13,32,35,37-39H2,1-2H3. The maximum absolute atomic E-state index is 2.53. The molecule has 8 aromatic rings. The Labute approximate surface area is 378 Å². The highest BCUT2D eigenvalue weighted by atomic mass is 15.1. The molecule has 6 aliphatic carbocycles. The predicted octanol–water partition coefficient (Wildman–Crippen LogP) is 16.4. The van der Waals surface area contributed by atoms with Crippen LogP contribution in [0.5, 0.6) is 0 Å². The number of hydrogen-bond donors (Lipinski definition) is 0. The van der Waals surface area contributed by atoms with Crippen LogP contribution in [0, 0.1) is 23.2 Å². The van der Waals surface area contributed by atoms with Gasteiger partial charge in [-0.3, -0.25) is 0 Å². The van der Waals surface area contributed by atoms with Gasteiger partial charge in [0.25, 0.3) is 0 Å². The lowest BCUT2D eigenvalue weighted by Crippen LogP contribution is -2.68. The second kappa shape index (κ2) is 13.3. The molecule has 0 aliphatic heterocycles. The maximum atomic E-state index is 2.53. The van der Waals surface area contributed by atoms with Crippen LogP contribution in [-0.4, -0.2) is 0 Å². The molecule has 5 atom stereocenters. The molecule has 4 saturated carbocycles. The molecule has 14 rings (SSSR count). The van der Waals surface area contributed by atoms with Gasteiger partial charge in [0.15, 0.2) is 0 Å². The Morgan fingerprint density at radius 1 is 0.484 bits per heavy atom. The molecule has 8 aromatic carbocycles. The van der Waals surface area contributed by atoms with Crippen LogP contribution < -0.4 is 4.90 Å². The molecule has 0 amide bonds. The number of rotatable bonds is 7. The number of hydrogen-bond acceptors (Lipinski definition) is 1. The van der Waals surface area contributed by atoms with Crippen LogP contribution in [0.25, 0.3) is 49.7 Å². The summed E-state index contributed by atoms with van der Waals surface area (Å²) in [5.74, 6) is 2.95. The van der Waals surface area contributed by atoms with E-state index in [9.17, 15) is 0 Å². The summed E-state index contributed by atoms with van der Waals surface area (Å²) in [6.07, 6.45) is 12.0. The van der Waals surface area contributed by atoms with Crippen molar-refractivity contribution in [3.8, 4) is 33.4 Å². The van der Waals surface area contributed by atoms with Crippen molar-refractivity contribution in [3.63, 3.8) is 0 Å². The monoisotopic (exact) mass is 823 g/mol. The van der Waals surface area contributed by atoms with E-state index in [0.717, 1.165) is 36.3 Å². The zero-order chi connectivity index (χ0) is 42.4. The largest absolute Gasteiger partial charge is 0.310 e. The lowest BCUT2D eigenvalue weighted by Gasteiger charge is -2.73. The molecule has 310 valence electrons. The Morgan fingerprint density at radius 3 is 2.05 bits per heavy atom. The van der Waals surface area contributed by atoms with E-state index in [-0.39, 0.29) is 5.41 Å². The van der Waals surface area contributed by atoms with E-state index < -0.39 is 0 Å². The molecule has 5 unspecified atom stereocenters. The minimum absolute atomic E-state index is 0.118. The number of allylic oxidation sites excluding steroid dienone is 1. The fraction of sp³-hybridized carbons (Fsp3) is 0.238. The van der Waals surface area contributed by atoms with Crippen LogP contribution in [0.2, 0.25) is 0 Å². The number of aryl methyl sites for hydroxylation is 1. The normalized spacial score (nSPS) is 24.8. The van der Waals surface area contributed by atoms with Gasteiger partial charge in [-0.15, -0.1) is 0 Å². The third-order valence-electron chi connectivity index (χ3n) is 17.8. The van der Waals surface area contributed by atoms with Crippen molar-refractivity contribution in [3.05, 3.63) is 215 Å². The van der Waals surface area contributed by atoms with E-state index in [1.54, 1.807) is 5.56 Å². The van der Waals surface area contributed by atoms with Gasteiger partial charge in [-0.2, -0.15) is 0 Å². The molecule has 4 fully saturated rings. The minimum atomic E-state index is -0.118. The Balaban J connectivity index is 0.925. The summed E-state index contributed by atoms with van der Waals surface area (Å²) in [7, 11) is 0. The average Bonchev–Trinajstić information content (AvgIpc) is 3.93. The fourth-order valence-electron chi connectivity index (χ4n) is 15.0. The van der Waals surface area contributed by atoms with Crippen LogP contribution in [0.1, 0.15) is 85.8 Å². The molecule has 64 heavy (non-hydrogen) atoms. The summed E-state index contributed by atoms with van der Waals surface area (Å²) < 4.78 is 0. The SMILES string of the molecule is CC1(C)c2ccccc2-c2ccc(N(c3ccc(C4=CCCc5ccccc54)cc3)c3ccc(-c4ccc(C56CC7CC8CC(C5)C86C7)cc4)cc3-c3ccc4ccccc4c3)cc21. The molecule has 1 heteroatoms. The third kappa shape index (κ3) is 5.02. The number of nitrogens with zero attached hydrogens (tertiary/aromatic N) is 1. The highest BCUT2D eigenvalue weighted by Gasteiger charge is 2.80. The van der Waals surface area contributed by atoms with Gasteiger partial charge < -0.3 is 4.90 Å². The van der Waals surface area contributed by atoms with Crippen molar-refractivity contribution in [2.24, 2.45) is 23.2 Å². The zero-order valence-corrected chi connectivity index (χ0v) is 36.9. The topological polar surface area (TPSA) is 3.24 Å². The van der Waals surface area contributed by atoms with Gasteiger partial charge in [-0.1, -0.05) is 153 Å². The molecule has 0 radical (unpaired) electrons. The first-order valence-electron chi connectivity index (χ1n) is 24.1. The molecular formula is C63H53N. The van der Waals surface area contributed by atoms with Crippen molar-refractivity contribution in [2.75, 3.05) is 4.90 Å². The van der Waals surface area contributed by atoms with Gasteiger partial charge in [-0.05, 0) is 188 Å². The van der Waals surface area contributed by atoms with Crippen molar-refractivity contribution < 1.29 is 0 Å². The molecule has 0 heterocycles. The highest BCUT2D eigenvalue weighted by molar-refractivity contribution is 5.96. The molecule has 0 aromatic heterocycles. The van der Waals surface area contributed by atoms with Crippen LogP contribution in [-0.2, 0) is 17.3 Å². The summed E-state index contributed by atoms with van der Waals surface area (Å²) in [6, 6.07) is 67.5. The number of benzene rings is 8. The summed E-state index contributed by atoms with van der Waals surface area (Å²) in [6.45, 7) is 4.78. The quantitative estimate of drug-likeness (QED) is 0.155. The van der Waals surface area contributed by atoms with Crippen molar-refractivity contribution in [1.29, 1.82) is 0 Å². The Morgan fingerprint density at radius 2 is 1.20 bits per heavy atom. The van der Waals surface area contributed by atoms with Gasteiger partial charge in [0.1, 0.15) is 0 Å². The molecule has 0 N–H and O–H groups in total. The van der Waals surface area contributed by atoms with Crippen LogP contribution >= 0.6 is 0 Å². The lowest BCUT2D eigenvalue weighted by molar-refractivity contribution is -0.198. The van der Waals surface area contributed by atoms with E-state index in [2.05, 4.69) is 201 Å². The van der Waals surface area contributed by atoms with E-state index >= 15 is 0 Å². The van der Waals surface area contributed by atoms with Gasteiger partial charge in [0.05, 0.1) is 5.69 Å². The van der Waals surface area contributed by atoms with Crippen LogP contribution in [0.3, 0.4) is 0 Å². The second-order valence-electron chi connectivity index (χ2n) is 20.9. The zero-order valence-electron chi connectivity index (χ0n) is 36.9. The van der Waals surface area contributed by atoms with Crippen molar-refractivity contribution >= 4 is 33.4 Å². The average molecular weight is 824 g/mol. The summed E-state index contributed by atoms with van der Waals surface area (Å²) in [5.41, 5.74) is 22.0. The van der Waals surface area contributed by atoms with Gasteiger partial charge in [0.2, 0.25) is 0 Å². The Hall–Kier alpha value is -6.44. The maximum Gasteiger partial charge on any atom is 0.0540 e. The molecule has 1 nitrogen and oxygen atoms in total. The second-order valence-corrected chi connectivity index (χ2v) is 20.9. The summed E-state index contributed by atoms with van der Waals surface area (Å²) >= 11 is 0. The Bertz CT molecular complexity index is 3260. The highest BCUT2D eigenvalue weighted by Crippen LogP contribution is 2.86.